The first-order valence-corrected chi connectivity index (χ1v) is 8.17. The molecule has 3 aromatic rings. The molecule has 0 aliphatic carbocycles. The minimum Gasteiger partial charge on any atom is -0.423 e. The Morgan fingerprint density at radius 3 is 2.78 bits per heavy atom. The Hall–Kier alpha value is -3.74. The predicted molar refractivity (Wildman–Crippen MR) is 99.6 cm³/mol. The summed E-state index contributed by atoms with van der Waals surface area (Å²) in [6, 6.07) is 12.1. The maximum absolute atomic E-state index is 12.0. The van der Waals surface area contributed by atoms with Gasteiger partial charge in [0, 0.05) is 35.7 Å². The SMILES string of the molecule is CCc1cc(=O)oc2cc(OC(=O)/C=C/c3cccc([N+](=O)[O-])c3)ccc12. The van der Waals surface area contributed by atoms with E-state index < -0.39 is 16.5 Å². The highest BCUT2D eigenvalue weighted by Gasteiger charge is 2.08. The number of nitro benzene ring substituents is 1. The Bertz CT molecular complexity index is 1110. The van der Waals surface area contributed by atoms with Crippen LogP contribution in [0.25, 0.3) is 17.0 Å². The number of hydrogen-bond acceptors (Lipinski definition) is 6. The number of carbonyl (C=O) groups is 1. The van der Waals surface area contributed by atoms with Gasteiger partial charge in [-0.1, -0.05) is 19.1 Å². The van der Waals surface area contributed by atoms with Crippen molar-refractivity contribution in [3.05, 3.63) is 86.3 Å². The average Bonchev–Trinajstić information content (AvgIpc) is 2.65. The van der Waals surface area contributed by atoms with E-state index in [0.29, 0.717) is 17.6 Å². The van der Waals surface area contributed by atoms with Gasteiger partial charge in [0.05, 0.1) is 4.92 Å². The smallest absolute Gasteiger partial charge is 0.336 e. The molecule has 1 aromatic heterocycles. The molecule has 1 heterocycles. The Morgan fingerprint density at radius 2 is 2.04 bits per heavy atom. The second kappa shape index (κ2) is 7.65. The molecule has 0 radical (unpaired) electrons. The van der Waals surface area contributed by atoms with E-state index >= 15 is 0 Å². The molecule has 0 N–H and O–H groups in total. The summed E-state index contributed by atoms with van der Waals surface area (Å²) < 4.78 is 10.4. The molecule has 0 aliphatic rings. The lowest BCUT2D eigenvalue weighted by Gasteiger charge is -2.05. The number of aryl methyl sites for hydroxylation is 1. The highest BCUT2D eigenvalue weighted by molar-refractivity contribution is 5.89. The zero-order valence-electron chi connectivity index (χ0n) is 14.4. The molecular formula is C20H15NO6. The third-order valence-electron chi connectivity index (χ3n) is 3.89. The van der Waals surface area contributed by atoms with E-state index in [1.807, 2.05) is 6.92 Å². The van der Waals surface area contributed by atoms with Crippen LogP contribution in [0.15, 0.2) is 63.8 Å². The van der Waals surface area contributed by atoms with Gasteiger partial charge in [-0.05, 0) is 35.8 Å². The van der Waals surface area contributed by atoms with Crippen LogP contribution in [0.1, 0.15) is 18.1 Å². The Morgan fingerprint density at radius 1 is 1.22 bits per heavy atom. The number of fused-ring (bicyclic) bond motifs is 1. The van der Waals surface area contributed by atoms with E-state index in [2.05, 4.69) is 0 Å². The van der Waals surface area contributed by atoms with Crippen molar-refractivity contribution >= 4 is 28.7 Å². The van der Waals surface area contributed by atoms with Gasteiger partial charge in [-0.2, -0.15) is 0 Å². The fourth-order valence-corrected chi connectivity index (χ4v) is 2.62. The van der Waals surface area contributed by atoms with E-state index in [9.17, 15) is 19.7 Å². The molecule has 7 heteroatoms. The zero-order chi connectivity index (χ0) is 19.4. The van der Waals surface area contributed by atoms with Crippen LogP contribution < -0.4 is 10.4 Å². The highest BCUT2D eigenvalue weighted by Crippen LogP contribution is 2.23. The van der Waals surface area contributed by atoms with E-state index in [4.69, 9.17) is 9.15 Å². The second-order valence-corrected chi connectivity index (χ2v) is 5.71. The molecule has 0 bridgehead atoms. The third-order valence-corrected chi connectivity index (χ3v) is 3.89. The largest absolute Gasteiger partial charge is 0.423 e. The molecule has 0 saturated carbocycles. The molecule has 2 aromatic carbocycles. The molecule has 0 fully saturated rings. The molecule has 136 valence electrons. The topological polar surface area (TPSA) is 99.7 Å². The van der Waals surface area contributed by atoms with Gasteiger partial charge in [-0.15, -0.1) is 0 Å². The fraction of sp³-hybridized carbons (Fsp3) is 0.100. The third kappa shape index (κ3) is 4.27. The van der Waals surface area contributed by atoms with Gasteiger partial charge in [-0.25, -0.2) is 9.59 Å². The van der Waals surface area contributed by atoms with Crippen LogP contribution in [0, 0.1) is 10.1 Å². The number of non-ortho nitro benzene ring substituents is 1. The maximum atomic E-state index is 12.0. The van der Waals surface area contributed by atoms with Crippen LogP contribution in [0.2, 0.25) is 0 Å². The molecule has 0 amide bonds. The Kier molecular flexibility index (Phi) is 5.12. The maximum Gasteiger partial charge on any atom is 0.336 e. The molecule has 0 unspecified atom stereocenters. The van der Waals surface area contributed by atoms with Crippen molar-refractivity contribution in [1.82, 2.24) is 0 Å². The molecule has 0 atom stereocenters. The van der Waals surface area contributed by atoms with Gasteiger partial charge in [0.1, 0.15) is 11.3 Å². The van der Waals surface area contributed by atoms with E-state index in [1.165, 1.54) is 42.5 Å². The van der Waals surface area contributed by atoms with Crippen molar-refractivity contribution in [2.75, 3.05) is 0 Å². The highest BCUT2D eigenvalue weighted by atomic mass is 16.6. The lowest BCUT2D eigenvalue weighted by molar-refractivity contribution is -0.384. The standard InChI is InChI=1S/C20H15NO6/c1-2-14-11-20(23)27-18-12-16(7-8-17(14)18)26-19(22)9-6-13-4-3-5-15(10-13)21(24)25/h3-12H,2H2,1H3/b9-6+. The van der Waals surface area contributed by atoms with Gasteiger partial charge in [0.15, 0.2) is 0 Å². The lowest BCUT2D eigenvalue weighted by atomic mass is 10.1. The van der Waals surface area contributed by atoms with Crippen molar-refractivity contribution in [1.29, 1.82) is 0 Å². The number of benzene rings is 2. The average molecular weight is 365 g/mol. The summed E-state index contributed by atoms with van der Waals surface area (Å²) in [5, 5.41) is 11.5. The van der Waals surface area contributed by atoms with Gasteiger partial charge in [0.2, 0.25) is 0 Å². The number of ether oxygens (including phenoxy) is 1. The number of nitrogens with zero attached hydrogens (tertiary/aromatic N) is 1. The van der Waals surface area contributed by atoms with Crippen LogP contribution in [-0.2, 0) is 11.2 Å². The minimum atomic E-state index is -0.658. The molecule has 3 rings (SSSR count). The van der Waals surface area contributed by atoms with E-state index in [1.54, 1.807) is 18.2 Å². The summed E-state index contributed by atoms with van der Waals surface area (Å²) in [7, 11) is 0. The molecule has 0 saturated heterocycles. The molecule has 7 nitrogen and oxygen atoms in total. The van der Waals surface area contributed by atoms with Gasteiger partial charge in [0.25, 0.3) is 5.69 Å². The predicted octanol–water partition coefficient (Wildman–Crippen LogP) is 3.88. The quantitative estimate of drug-likeness (QED) is 0.170. The minimum absolute atomic E-state index is 0.0678. The number of hydrogen-bond donors (Lipinski definition) is 0. The van der Waals surface area contributed by atoms with Gasteiger partial charge < -0.3 is 9.15 Å². The number of rotatable bonds is 5. The first-order chi connectivity index (χ1) is 13.0. The van der Waals surface area contributed by atoms with Crippen molar-refractivity contribution in [3.63, 3.8) is 0 Å². The summed E-state index contributed by atoms with van der Waals surface area (Å²) in [5.74, 6) is -0.428. The van der Waals surface area contributed by atoms with Crippen LogP contribution in [0.3, 0.4) is 0 Å². The zero-order valence-corrected chi connectivity index (χ0v) is 14.4. The number of carbonyl (C=O) groups excluding carboxylic acids is 1. The van der Waals surface area contributed by atoms with E-state index in [0.717, 1.165) is 10.9 Å². The van der Waals surface area contributed by atoms with Gasteiger partial charge in [-0.3, -0.25) is 10.1 Å². The summed E-state index contributed by atoms with van der Waals surface area (Å²) in [6.45, 7) is 1.93. The molecule has 0 spiro atoms. The van der Waals surface area contributed by atoms with Gasteiger partial charge >= 0.3 is 11.6 Å². The Labute approximate surface area is 153 Å². The van der Waals surface area contributed by atoms with Crippen molar-refractivity contribution in [2.45, 2.75) is 13.3 Å². The fourth-order valence-electron chi connectivity index (χ4n) is 2.62. The van der Waals surface area contributed by atoms with Crippen molar-refractivity contribution in [2.24, 2.45) is 0 Å². The summed E-state index contributed by atoms with van der Waals surface area (Å²) >= 11 is 0. The van der Waals surface area contributed by atoms with Crippen molar-refractivity contribution < 1.29 is 18.9 Å². The second-order valence-electron chi connectivity index (χ2n) is 5.71. The number of esters is 1. The van der Waals surface area contributed by atoms with Crippen LogP contribution in [0.4, 0.5) is 5.69 Å². The van der Waals surface area contributed by atoms with Crippen molar-refractivity contribution in [3.8, 4) is 5.75 Å². The van der Waals surface area contributed by atoms with E-state index in [-0.39, 0.29) is 11.4 Å². The summed E-state index contributed by atoms with van der Waals surface area (Å²) in [5.41, 5.74) is 1.16. The summed E-state index contributed by atoms with van der Waals surface area (Å²) in [6.07, 6.45) is 3.26. The monoisotopic (exact) mass is 365 g/mol. The van der Waals surface area contributed by atoms with Crippen LogP contribution >= 0.6 is 0 Å². The normalized spacial score (nSPS) is 11.0. The number of nitro groups is 1. The van der Waals surface area contributed by atoms with Crippen LogP contribution in [-0.4, -0.2) is 10.9 Å². The first-order valence-electron chi connectivity index (χ1n) is 8.17. The first kappa shape index (κ1) is 18.1. The Balaban J connectivity index is 1.79. The molecule has 27 heavy (non-hydrogen) atoms. The van der Waals surface area contributed by atoms with Crippen LogP contribution in [0.5, 0.6) is 5.75 Å². The molecular weight excluding hydrogens is 350 g/mol. The molecule has 0 aliphatic heterocycles. The summed E-state index contributed by atoms with van der Waals surface area (Å²) in [4.78, 5) is 33.9. The lowest BCUT2D eigenvalue weighted by Crippen LogP contribution is -2.04.